The molecule has 5 rings (SSSR count). The lowest BCUT2D eigenvalue weighted by Gasteiger charge is -2.34. The number of aromatic nitrogens is 3. The van der Waals surface area contributed by atoms with E-state index in [1.165, 1.54) is 5.56 Å². The minimum Gasteiger partial charge on any atom is -0.354 e. The Hall–Kier alpha value is -3.39. The summed E-state index contributed by atoms with van der Waals surface area (Å²) in [5, 5.41) is 15.8. The second-order valence-corrected chi connectivity index (χ2v) is 7.01. The largest absolute Gasteiger partial charge is 0.354 e. The molecule has 0 radical (unpaired) electrons. The maximum absolute atomic E-state index is 12.6. The number of anilines is 1. The van der Waals surface area contributed by atoms with Crippen LogP contribution in [0.25, 0.3) is 21.9 Å². The molecule has 2 amide bonds. The molecule has 2 aromatic heterocycles. The molecule has 2 aromatic carbocycles. The maximum Gasteiger partial charge on any atom is 0.323 e. The Labute approximate surface area is 161 Å². The van der Waals surface area contributed by atoms with Crippen molar-refractivity contribution in [2.45, 2.75) is 6.54 Å². The van der Waals surface area contributed by atoms with Gasteiger partial charge in [0, 0.05) is 38.1 Å². The fourth-order valence-corrected chi connectivity index (χ4v) is 3.61. The third-order valence-electron chi connectivity index (χ3n) is 5.17. The van der Waals surface area contributed by atoms with Gasteiger partial charge in [-0.3, -0.25) is 15.3 Å². The van der Waals surface area contributed by atoms with Gasteiger partial charge in [-0.2, -0.15) is 5.10 Å². The van der Waals surface area contributed by atoms with Crippen molar-refractivity contribution in [2.75, 3.05) is 31.5 Å². The van der Waals surface area contributed by atoms with E-state index in [4.69, 9.17) is 4.52 Å². The van der Waals surface area contributed by atoms with Gasteiger partial charge in [0.2, 0.25) is 0 Å². The zero-order valence-corrected chi connectivity index (χ0v) is 15.3. The van der Waals surface area contributed by atoms with Crippen LogP contribution in [0.2, 0.25) is 0 Å². The number of carbonyl (C=O) groups excluding carboxylic acids is 1. The first-order chi connectivity index (χ1) is 13.8. The number of rotatable bonds is 3. The van der Waals surface area contributed by atoms with Crippen LogP contribution in [0.4, 0.5) is 10.6 Å². The molecule has 28 heavy (non-hydrogen) atoms. The average molecular weight is 376 g/mol. The molecule has 0 saturated carbocycles. The Balaban J connectivity index is 1.19. The number of hydrogen-bond acceptors (Lipinski definition) is 5. The Morgan fingerprint density at radius 1 is 1.14 bits per heavy atom. The number of hydrogen-bond donors (Lipinski definition) is 2. The van der Waals surface area contributed by atoms with Crippen LogP contribution < -0.4 is 5.32 Å². The van der Waals surface area contributed by atoms with Crippen molar-refractivity contribution >= 4 is 33.7 Å². The molecule has 0 atom stereocenters. The van der Waals surface area contributed by atoms with Gasteiger partial charge in [0.1, 0.15) is 0 Å². The summed E-state index contributed by atoms with van der Waals surface area (Å²) in [6.45, 7) is 3.86. The van der Waals surface area contributed by atoms with Gasteiger partial charge in [-0.05, 0) is 23.8 Å². The quantitative estimate of drug-likeness (QED) is 0.574. The number of carbonyl (C=O) groups is 1. The first-order valence-electron chi connectivity index (χ1n) is 9.31. The van der Waals surface area contributed by atoms with Crippen LogP contribution in [0.3, 0.4) is 0 Å². The van der Waals surface area contributed by atoms with E-state index >= 15 is 0 Å². The van der Waals surface area contributed by atoms with Gasteiger partial charge in [0.15, 0.2) is 11.4 Å². The highest BCUT2D eigenvalue weighted by molar-refractivity contribution is 5.98. The lowest BCUT2D eigenvalue weighted by Crippen LogP contribution is -2.49. The smallest absolute Gasteiger partial charge is 0.323 e. The van der Waals surface area contributed by atoms with Crippen LogP contribution >= 0.6 is 0 Å². The summed E-state index contributed by atoms with van der Waals surface area (Å²) in [5.74, 6) is 0.468. The standard InChI is InChI=1S/C20H20N6O2/c27-20(22-19-16-3-1-2-4-18(16)28-24-19)26-9-7-25(8-10-26)13-14-5-6-15-12-21-23-17(15)11-14/h1-6,11-12H,7-10,13H2,(H,21,23)(H,22,24,27). The maximum atomic E-state index is 12.6. The van der Waals surface area contributed by atoms with E-state index in [1.807, 2.05) is 35.4 Å². The minimum absolute atomic E-state index is 0.141. The number of nitrogens with one attached hydrogen (secondary N) is 2. The number of amides is 2. The average Bonchev–Trinajstić information content (AvgIpc) is 3.35. The molecule has 8 heteroatoms. The lowest BCUT2D eigenvalue weighted by atomic mass is 10.1. The van der Waals surface area contributed by atoms with E-state index in [1.54, 1.807) is 0 Å². The number of nitrogens with zero attached hydrogens (tertiary/aromatic N) is 4. The molecule has 4 aromatic rings. The molecule has 1 aliphatic heterocycles. The topological polar surface area (TPSA) is 90.3 Å². The number of para-hydroxylation sites is 1. The van der Waals surface area contributed by atoms with E-state index in [0.717, 1.165) is 35.9 Å². The molecule has 1 aliphatic rings. The van der Waals surface area contributed by atoms with Crippen LogP contribution in [0.15, 0.2) is 53.2 Å². The van der Waals surface area contributed by atoms with Gasteiger partial charge < -0.3 is 9.42 Å². The number of benzene rings is 2. The second kappa shape index (κ2) is 6.97. The van der Waals surface area contributed by atoms with Gasteiger partial charge in [0.05, 0.1) is 17.1 Å². The van der Waals surface area contributed by atoms with E-state index in [2.05, 4.69) is 43.8 Å². The van der Waals surface area contributed by atoms with Crippen LogP contribution in [-0.2, 0) is 6.54 Å². The highest BCUT2D eigenvalue weighted by Gasteiger charge is 2.22. The predicted octanol–water partition coefficient (Wildman–Crippen LogP) is 3.05. The van der Waals surface area contributed by atoms with Gasteiger partial charge in [0.25, 0.3) is 0 Å². The highest BCUT2D eigenvalue weighted by Crippen LogP contribution is 2.22. The third-order valence-corrected chi connectivity index (χ3v) is 5.17. The molecule has 0 aliphatic carbocycles. The Morgan fingerprint density at radius 2 is 2.00 bits per heavy atom. The highest BCUT2D eigenvalue weighted by atomic mass is 16.5. The zero-order valence-electron chi connectivity index (χ0n) is 15.3. The summed E-state index contributed by atoms with van der Waals surface area (Å²) in [6, 6.07) is 13.7. The predicted molar refractivity (Wildman–Crippen MR) is 106 cm³/mol. The third kappa shape index (κ3) is 3.18. The Bertz CT molecular complexity index is 1130. The monoisotopic (exact) mass is 376 g/mol. The van der Waals surface area contributed by atoms with Crippen molar-refractivity contribution in [2.24, 2.45) is 0 Å². The molecule has 3 heterocycles. The van der Waals surface area contributed by atoms with Crippen molar-refractivity contribution in [1.29, 1.82) is 0 Å². The van der Waals surface area contributed by atoms with Crippen molar-refractivity contribution < 1.29 is 9.32 Å². The van der Waals surface area contributed by atoms with Crippen LogP contribution in [0.1, 0.15) is 5.56 Å². The molecule has 0 unspecified atom stereocenters. The summed E-state index contributed by atoms with van der Waals surface area (Å²) in [7, 11) is 0. The number of piperazine rings is 1. The normalized spacial score (nSPS) is 15.4. The second-order valence-electron chi connectivity index (χ2n) is 7.01. The Kier molecular flexibility index (Phi) is 4.17. The van der Waals surface area contributed by atoms with E-state index in [9.17, 15) is 4.79 Å². The van der Waals surface area contributed by atoms with Gasteiger partial charge in [-0.1, -0.05) is 29.4 Å². The number of fused-ring (bicyclic) bond motifs is 2. The zero-order chi connectivity index (χ0) is 18.9. The van der Waals surface area contributed by atoms with Crippen molar-refractivity contribution in [1.82, 2.24) is 25.2 Å². The van der Waals surface area contributed by atoms with Crippen molar-refractivity contribution in [3.8, 4) is 0 Å². The minimum atomic E-state index is -0.141. The molecule has 0 bridgehead atoms. The number of urea groups is 1. The van der Waals surface area contributed by atoms with Gasteiger partial charge in [-0.25, -0.2) is 4.79 Å². The summed E-state index contributed by atoms with van der Waals surface area (Å²) in [6.07, 6.45) is 1.83. The molecule has 1 saturated heterocycles. The first kappa shape index (κ1) is 16.8. The summed E-state index contributed by atoms with van der Waals surface area (Å²) in [5.41, 5.74) is 2.95. The summed E-state index contributed by atoms with van der Waals surface area (Å²) >= 11 is 0. The molecule has 8 nitrogen and oxygen atoms in total. The van der Waals surface area contributed by atoms with E-state index < -0.39 is 0 Å². The fraction of sp³-hybridized carbons (Fsp3) is 0.250. The molecule has 1 fully saturated rings. The molecular formula is C20H20N6O2. The number of H-pyrrole nitrogens is 1. The number of aromatic amines is 1. The first-order valence-corrected chi connectivity index (χ1v) is 9.31. The molecule has 2 N–H and O–H groups in total. The molecule has 0 spiro atoms. The Morgan fingerprint density at radius 3 is 2.89 bits per heavy atom. The SMILES string of the molecule is O=C(Nc1noc2ccccc12)N1CCN(Cc2ccc3cn[nH]c3c2)CC1. The van der Waals surface area contributed by atoms with E-state index in [-0.39, 0.29) is 6.03 Å². The van der Waals surface area contributed by atoms with Crippen molar-refractivity contribution in [3.63, 3.8) is 0 Å². The van der Waals surface area contributed by atoms with E-state index in [0.29, 0.717) is 24.5 Å². The fourth-order valence-electron chi connectivity index (χ4n) is 3.61. The summed E-state index contributed by atoms with van der Waals surface area (Å²) in [4.78, 5) is 16.8. The van der Waals surface area contributed by atoms with Crippen LogP contribution in [-0.4, -0.2) is 57.4 Å². The molecule has 142 valence electrons. The molecular weight excluding hydrogens is 356 g/mol. The van der Waals surface area contributed by atoms with Crippen LogP contribution in [0, 0.1) is 0 Å². The van der Waals surface area contributed by atoms with Crippen molar-refractivity contribution in [3.05, 3.63) is 54.2 Å². The van der Waals surface area contributed by atoms with Gasteiger partial charge >= 0.3 is 6.03 Å². The van der Waals surface area contributed by atoms with Crippen LogP contribution in [0.5, 0.6) is 0 Å². The van der Waals surface area contributed by atoms with Gasteiger partial charge in [-0.15, -0.1) is 0 Å². The lowest BCUT2D eigenvalue weighted by molar-refractivity contribution is 0.143. The summed E-state index contributed by atoms with van der Waals surface area (Å²) < 4.78 is 5.25.